The van der Waals surface area contributed by atoms with Gasteiger partial charge in [0, 0.05) is 7.05 Å². The van der Waals surface area contributed by atoms with E-state index in [-0.39, 0.29) is 10.8 Å². The second-order valence-electron chi connectivity index (χ2n) is 1.74. The average molecular weight is 162 g/mol. The first kappa shape index (κ1) is 7.01. The second-order valence-corrected chi connectivity index (χ2v) is 2.09. The Hall–Kier alpha value is -1.10. The van der Waals surface area contributed by atoms with E-state index in [9.17, 15) is 10.1 Å². The molecule has 1 aromatic rings. The van der Waals surface area contributed by atoms with Gasteiger partial charge in [-0.05, 0) is 0 Å². The molecule has 6 heteroatoms. The predicted octanol–water partition coefficient (Wildman–Crippen LogP) is 0.982. The molecule has 0 unspecified atom stereocenters. The van der Waals surface area contributed by atoms with E-state index < -0.39 is 4.92 Å². The van der Waals surface area contributed by atoms with E-state index in [1.807, 2.05) is 0 Å². The number of hydrogen-bond acceptors (Lipinski definition) is 3. The Morgan fingerprint density at radius 2 is 2.50 bits per heavy atom. The van der Waals surface area contributed by atoms with Crippen molar-refractivity contribution in [3.8, 4) is 0 Å². The van der Waals surface area contributed by atoms with Crippen molar-refractivity contribution in [3.63, 3.8) is 0 Å². The molecule has 0 aliphatic heterocycles. The van der Waals surface area contributed by atoms with Crippen LogP contribution in [0.25, 0.3) is 0 Å². The van der Waals surface area contributed by atoms with E-state index in [2.05, 4.69) is 5.10 Å². The molecule has 0 aliphatic rings. The van der Waals surface area contributed by atoms with Crippen molar-refractivity contribution in [1.29, 1.82) is 0 Å². The van der Waals surface area contributed by atoms with E-state index in [1.165, 1.54) is 10.9 Å². The Bertz CT molecular complexity index is 269. The van der Waals surface area contributed by atoms with Crippen LogP contribution in [0.5, 0.6) is 0 Å². The summed E-state index contributed by atoms with van der Waals surface area (Å²) in [5.41, 5.74) is -0.163. The van der Waals surface area contributed by atoms with Crippen LogP contribution >= 0.6 is 11.6 Å². The van der Waals surface area contributed by atoms with Crippen molar-refractivity contribution in [3.05, 3.63) is 21.5 Å². The molecular formula is C4H4ClN3O2. The summed E-state index contributed by atoms with van der Waals surface area (Å²) in [6.07, 6.45) is 1.25. The number of rotatable bonds is 1. The number of nitrogens with zero attached hydrogens (tertiary/aromatic N) is 3. The van der Waals surface area contributed by atoms with Gasteiger partial charge in [-0.15, -0.1) is 0 Å². The molecule has 0 aromatic carbocycles. The maximum atomic E-state index is 10.1. The summed E-state index contributed by atoms with van der Waals surface area (Å²) < 4.78 is 1.29. The highest BCUT2D eigenvalue weighted by Crippen LogP contribution is 2.20. The van der Waals surface area contributed by atoms with E-state index in [0.717, 1.165) is 0 Å². The minimum Gasteiger partial charge on any atom is -0.267 e. The van der Waals surface area contributed by atoms with Crippen LogP contribution in [-0.2, 0) is 7.05 Å². The smallest absolute Gasteiger partial charge is 0.267 e. The summed E-state index contributed by atoms with van der Waals surface area (Å²) in [4.78, 5) is 9.53. The van der Waals surface area contributed by atoms with Crippen molar-refractivity contribution < 1.29 is 4.92 Å². The van der Waals surface area contributed by atoms with Crippen molar-refractivity contribution in [2.45, 2.75) is 0 Å². The quantitative estimate of drug-likeness (QED) is 0.456. The van der Waals surface area contributed by atoms with Crippen molar-refractivity contribution in [1.82, 2.24) is 9.78 Å². The lowest BCUT2D eigenvalue weighted by molar-refractivity contribution is -0.384. The van der Waals surface area contributed by atoms with Gasteiger partial charge in [-0.2, -0.15) is 5.10 Å². The fraction of sp³-hybridized carbons (Fsp3) is 0.250. The molecule has 0 aliphatic carbocycles. The monoisotopic (exact) mass is 161 g/mol. The van der Waals surface area contributed by atoms with Gasteiger partial charge >= 0.3 is 5.69 Å². The predicted molar refractivity (Wildman–Crippen MR) is 34.9 cm³/mol. The third-order valence-corrected chi connectivity index (χ3v) is 1.23. The number of aromatic nitrogens is 2. The Labute approximate surface area is 61.4 Å². The first-order valence-corrected chi connectivity index (χ1v) is 2.82. The van der Waals surface area contributed by atoms with Gasteiger partial charge in [-0.3, -0.25) is 14.8 Å². The molecule has 0 fully saturated rings. The standard InChI is InChI=1S/C4H4ClN3O2/c1-7-2-3(8(9)10)4(5)6-7/h2H,1H3. The topological polar surface area (TPSA) is 61.0 Å². The SMILES string of the molecule is Cn1cc([N+](=O)[O-])c(Cl)n1. The Kier molecular flexibility index (Phi) is 1.58. The van der Waals surface area contributed by atoms with Crippen molar-refractivity contribution in [2.24, 2.45) is 7.05 Å². The molecule has 0 amide bonds. The molecule has 5 nitrogen and oxygen atoms in total. The lowest BCUT2D eigenvalue weighted by Gasteiger charge is -1.80. The average Bonchev–Trinajstić information content (AvgIpc) is 2.10. The summed E-state index contributed by atoms with van der Waals surface area (Å²) >= 11 is 5.37. The molecule has 1 heterocycles. The van der Waals surface area contributed by atoms with Gasteiger partial charge in [0.1, 0.15) is 6.20 Å². The molecule has 0 atom stereocenters. The van der Waals surface area contributed by atoms with Gasteiger partial charge in [0.2, 0.25) is 5.15 Å². The van der Waals surface area contributed by atoms with Gasteiger partial charge < -0.3 is 0 Å². The molecule has 0 saturated carbocycles. The zero-order valence-corrected chi connectivity index (χ0v) is 5.87. The first-order chi connectivity index (χ1) is 4.61. The number of aryl methyl sites for hydroxylation is 1. The van der Waals surface area contributed by atoms with Crippen LogP contribution in [0.3, 0.4) is 0 Å². The third-order valence-electron chi connectivity index (χ3n) is 0.963. The number of nitro groups is 1. The molecule has 54 valence electrons. The fourth-order valence-corrected chi connectivity index (χ4v) is 0.808. The molecule has 0 bridgehead atoms. The molecule has 0 N–H and O–H groups in total. The van der Waals surface area contributed by atoms with Crippen LogP contribution in [0.1, 0.15) is 0 Å². The fourth-order valence-electron chi connectivity index (χ4n) is 0.571. The van der Waals surface area contributed by atoms with Gasteiger partial charge in [0.15, 0.2) is 0 Å². The molecule has 10 heavy (non-hydrogen) atoms. The highest BCUT2D eigenvalue weighted by Gasteiger charge is 2.15. The summed E-state index contributed by atoms with van der Waals surface area (Å²) in [5, 5.41) is 13.6. The van der Waals surface area contributed by atoms with E-state index in [1.54, 1.807) is 7.05 Å². The normalized spacial score (nSPS) is 9.80. The molecule has 0 spiro atoms. The van der Waals surface area contributed by atoms with E-state index >= 15 is 0 Å². The van der Waals surface area contributed by atoms with Crippen LogP contribution < -0.4 is 0 Å². The van der Waals surface area contributed by atoms with Crippen LogP contribution in [0.15, 0.2) is 6.20 Å². The van der Waals surface area contributed by atoms with Gasteiger partial charge in [0.25, 0.3) is 0 Å². The minimum absolute atomic E-state index is 0.0764. The zero-order chi connectivity index (χ0) is 7.72. The molecule has 1 aromatic heterocycles. The molecular weight excluding hydrogens is 158 g/mol. The Morgan fingerprint density at radius 3 is 2.70 bits per heavy atom. The molecule has 1 rings (SSSR count). The summed E-state index contributed by atoms with van der Waals surface area (Å²) in [7, 11) is 1.57. The van der Waals surface area contributed by atoms with Gasteiger partial charge in [-0.1, -0.05) is 11.6 Å². The zero-order valence-electron chi connectivity index (χ0n) is 5.11. The largest absolute Gasteiger partial charge is 0.325 e. The molecule has 0 radical (unpaired) electrons. The van der Waals surface area contributed by atoms with Gasteiger partial charge in [-0.25, -0.2) is 0 Å². The van der Waals surface area contributed by atoms with Crippen LogP contribution in [-0.4, -0.2) is 14.7 Å². The van der Waals surface area contributed by atoms with Gasteiger partial charge in [0.05, 0.1) is 4.92 Å². The van der Waals surface area contributed by atoms with Crippen molar-refractivity contribution in [2.75, 3.05) is 0 Å². The highest BCUT2D eigenvalue weighted by molar-refractivity contribution is 6.31. The number of halogens is 1. The Balaban J connectivity index is 3.15. The lowest BCUT2D eigenvalue weighted by atomic mass is 10.6. The minimum atomic E-state index is -0.574. The highest BCUT2D eigenvalue weighted by atomic mass is 35.5. The maximum Gasteiger partial charge on any atom is 0.325 e. The van der Waals surface area contributed by atoms with Crippen LogP contribution in [0, 0.1) is 10.1 Å². The van der Waals surface area contributed by atoms with Crippen molar-refractivity contribution >= 4 is 17.3 Å². The summed E-state index contributed by atoms with van der Waals surface area (Å²) in [6, 6.07) is 0. The summed E-state index contributed by atoms with van der Waals surface area (Å²) in [6.45, 7) is 0. The molecule has 0 saturated heterocycles. The lowest BCUT2D eigenvalue weighted by Crippen LogP contribution is -1.86. The number of hydrogen-bond donors (Lipinski definition) is 0. The van der Waals surface area contributed by atoms with Crippen LogP contribution in [0.4, 0.5) is 5.69 Å². The summed E-state index contributed by atoms with van der Waals surface area (Å²) in [5.74, 6) is 0. The van der Waals surface area contributed by atoms with E-state index in [4.69, 9.17) is 11.6 Å². The third kappa shape index (κ3) is 1.08. The maximum absolute atomic E-state index is 10.1. The van der Waals surface area contributed by atoms with Crippen LogP contribution in [0.2, 0.25) is 5.15 Å². The second kappa shape index (κ2) is 2.26. The first-order valence-electron chi connectivity index (χ1n) is 2.45. The Morgan fingerprint density at radius 1 is 1.90 bits per heavy atom. The van der Waals surface area contributed by atoms with E-state index in [0.29, 0.717) is 0 Å².